The number of benzene rings is 1. The van der Waals surface area contributed by atoms with E-state index in [0.29, 0.717) is 5.56 Å². The van der Waals surface area contributed by atoms with Crippen LogP contribution >= 0.6 is 0 Å². The number of aromatic nitrogens is 1. The molecule has 0 aliphatic heterocycles. The molecule has 0 fully saturated rings. The summed E-state index contributed by atoms with van der Waals surface area (Å²) in [7, 11) is 1.60. The zero-order valence-corrected chi connectivity index (χ0v) is 7.73. The van der Waals surface area contributed by atoms with E-state index in [1.165, 1.54) is 0 Å². The predicted octanol–water partition coefficient (Wildman–Crippen LogP) is 2.06. The molecule has 1 aromatic heterocycles. The molecular weight excluding hydrogens is 178 g/mol. The smallest absolute Gasteiger partial charge is 0.150 e. The third kappa shape index (κ3) is 1.33. The van der Waals surface area contributed by atoms with Crippen LogP contribution in [0.4, 0.5) is 0 Å². The van der Waals surface area contributed by atoms with Gasteiger partial charge in [-0.15, -0.1) is 0 Å². The van der Waals surface area contributed by atoms with Crippen molar-refractivity contribution in [1.82, 2.24) is 4.98 Å². The SMILES string of the molecule is COc1ccnc2ccc(C=O)cc12. The number of carbonyl (C=O) groups excluding carboxylic acids is 1. The van der Waals surface area contributed by atoms with E-state index in [1.54, 1.807) is 31.5 Å². The lowest BCUT2D eigenvalue weighted by molar-refractivity contribution is 0.112. The molecule has 2 aromatic rings. The molecule has 1 aromatic carbocycles. The molecule has 70 valence electrons. The van der Waals surface area contributed by atoms with Crippen LogP contribution in [0.3, 0.4) is 0 Å². The molecule has 0 spiro atoms. The fourth-order valence-corrected chi connectivity index (χ4v) is 1.39. The molecule has 0 saturated carbocycles. The van der Waals surface area contributed by atoms with Gasteiger partial charge in [-0.05, 0) is 24.3 Å². The molecule has 14 heavy (non-hydrogen) atoms. The van der Waals surface area contributed by atoms with Gasteiger partial charge in [-0.1, -0.05) is 0 Å². The third-order valence-electron chi connectivity index (χ3n) is 2.08. The van der Waals surface area contributed by atoms with Gasteiger partial charge in [0, 0.05) is 17.1 Å². The molecule has 2 rings (SSSR count). The van der Waals surface area contributed by atoms with Crippen molar-refractivity contribution in [2.24, 2.45) is 0 Å². The number of pyridine rings is 1. The summed E-state index contributed by atoms with van der Waals surface area (Å²) in [6.45, 7) is 0. The standard InChI is InChI=1S/C11H9NO2/c1-14-11-4-5-12-10-3-2-8(7-13)6-9(10)11/h2-7H,1H3. The summed E-state index contributed by atoms with van der Waals surface area (Å²) in [5, 5.41) is 0.861. The largest absolute Gasteiger partial charge is 0.496 e. The fourth-order valence-electron chi connectivity index (χ4n) is 1.39. The minimum atomic E-state index is 0.629. The first kappa shape index (κ1) is 8.69. The zero-order valence-electron chi connectivity index (χ0n) is 7.73. The summed E-state index contributed by atoms with van der Waals surface area (Å²) in [6, 6.07) is 7.09. The highest BCUT2D eigenvalue weighted by Gasteiger charge is 2.02. The summed E-state index contributed by atoms with van der Waals surface area (Å²) in [4.78, 5) is 14.8. The first-order chi connectivity index (χ1) is 6.85. The van der Waals surface area contributed by atoms with E-state index in [-0.39, 0.29) is 0 Å². The van der Waals surface area contributed by atoms with Gasteiger partial charge in [0.25, 0.3) is 0 Å². The van der Waals surface area contributed by atoms with Crippen molar-refractivity contribution in [2.75, 3.05) is 7.11 Å². The van der Waals surface area contributed by atoms with Crippen LogP contribution in [-0.4, -0.2) is 18.4 Å². The first-order valence-corrected chi connectivity index (χ1v) is 4.23. The normalized spacial score (nSPS) is 10.1. The van der Waals surface area contributed by atoms with Gasteiger partial charge in [0.1, 0.15) is 12.0 Å². The van der Waals surface area contributed by atoms with E-state index in [2.05, 4.69) is 4.98 Å². The van der Waals surface area contributed by atoms with Crippen LogP contribution in [-0.2, 0) is 0 Å². The molecule has 0 atom stereocenters. The topological polar surface area (TPSA) is 39.2 Å². The van der Waals surface area contributed by atoms with Gasteiger partial charge in [0.05, 0.1) is 12.6 Å². The van der Waals surface area contributed by atoms with Gasteiger partial charge >= 0.3 is 0 Å². The lowest BCUT2D eigenvalue weighted by Gasteiger charge is -2.04. The van der Waals surface area contributed by atoms with E-state index < -0.39 is 0 Å². The Morgan fingerprint density at radius 1 is 1.36 bits per heavy atom. The molecular formula is C11H9NO2. The third-order valence-corrected chi connectivity index (χ3v) is 2.08. The number of hydrogen-bond acceptors (Lipinski definition) is 3. The monoisotopic (exact) mass is 187 g/mol. The molecule has 0 amide bonds. The summed E-state index contributed by atoms with van der Waals surface area (Å²) in [6.07, 6.45) is 2.49. The van der Waals surface area contributed by atoms with Crippen molar-refractivity contribution < 1.29 is 9.53 Å². The first-order valence-electron chi connectivity index (χ1n) is 4.23. The Labute approximate surface area is 81.3 Å². The van der Waals surface area contributed by atoms with Crippen LogP contribution in [0.25, 0.3) is 10.9 Å². The Hall–Kier alpha value is -1.90. The van der Waals surface area contributed by atoms with Crippen LogP contribution in [0.1, 0.15) is 10.4 Å². The highest BCUT2D eigenvalue weighted by molar-refractivity contribution is 5.90. The van der Waals surface area contributed by atoms with Crippen LogP contribution in [0, 0.1) is 0 Å². The summed E-state index contributed by atoms with van der Waals surface area (Å²) in [5.74, 6) is 0.735. The second-order valence-electron chi connectivity index (χ2n) is 2.91. The van der Waals surface area contributed by atoms with E-state index in [4.69, 9.17) is 4.74 Å². The van der Waals surface area contributed by atoms with Gasteiger partial charge in [-0.2, -0.15) is 0 Å². The predicted molar refractivity (Wildman–Crippen MR) is 53.7 cm³/mol. The minimum Gasteiger partial charge on any atom is -0.496 e. The second kappa shape index (κ2) is 3.46. The highest BCUT2D eigenvalue weighted by Crippen LogP contribution is 2.23. The highest BCUT2D eigenvalue weighted by atomic mass is 16.5. The molecule has 0 radical (unpaired) electrons. The Bertz CT molecular complexity index is 480. The molecule has 1 heterocycles. The number of ether oxygens (including phenoxy) is 1. The number of nitrogens with zero attached hydrogens (tertiary/aromatic N) is 1. The molecule has 0 aliphatic carbocycles. The van der Waals surface area contributed by atoms with Crippen LogP contribution < -0.4 is 4.74 Å². The van der Waals surface area contributed by atoms with Crippen molar-refractivity contribution in [3.05, 3.63) is 36.0 Å². The van der Waals surface area contributed by atoms with E-state index in [9.17, 15) is 4.79 Å². The quantitative estimate of drug-likeness (QED) is 0.675. The number of rotatable bonds is 2. The maximum absolute atomic E-state index is 10.6. The van der Waals surface area contributed by atoms with Crippen molar-refractivity contribution in [2.45, 2.75) is 0 Å². The molecule has 3 nitrogen and oxygen atoms in total. The van der Waals surface area contributed by atoms with E-state index >= 15 is 0 Å². The maximum Gasteiger partial charge on any atom is 0.150 e. The van der Waals surface area contributed by atoms with Crippen LogP contribution in [0.2, 0.25) is 0 Å². The summed E-state index contributed by atoms with van der Waals surface area (Å²) >= 11 is 0. The van der Waals surface area contributed by atoms with Gasteiger partial charge in [0.2, 0.25) is 0 Å². The molecule has 0 bridgehead atoms. The van der Waals surface area contributed by atoms with Crippen LogP contribution in [0.5, 0.6) is 5.75 Å². The second-order valence-corrected chi connectivity index (χ2v) is 2.91. The van der Waals surface area contributed by atoms with E-state index in [0.717, 1.165) is 22.9 Å². The number of carbonyl (C=O) groups is 1. The average molecular weight is 187 g/mol. The summed E-state index contributed by atoms with van der Waals surface area (Å²) < 4.78 is 5.17. The lowest BCUT2D eigenvalue weighted by Crippen LogP contribution is -1.88. The zero-order chi connectivity index (χ0) is 9.97. The molecule has 0 saturated heterocycles. The van der Waals surface area contributed by atoms with Gasteiger partial charge in [-0.25, -0.2) is 0 Å². The van der Waals surface area contributed by atoms with Crippen molar-refractivity contribution in [3.63, 3.8) is 0 Å². The van der Waals surface area contributed by atoms with Crippen LogP contribution in [0.15, 0.2) is 30.5 Å². The minimum absolute atomic E-state index is 0.629. The van der Waals surface area contributed by atoms with Crippen molar-refractivity contribution in [3.8, 4) is 5.75 Å². The van der Waals surface area contributed by atoms with Gasteiger partial charge in [0.15, 0.2) is 0 Å². The Morgan fingerprint density at radius 2 is 2.21 bits per heavy atom. The lowest BCUT2D eigenvalue weighted by atomic mass is 10.1. The molecule has 0 N–H and O–H groups in total. The number of fused-ring (bicyclic) bond motifs is 1. The van der Waals surface area contributed by atoms with Gasteiger partial charge < -0.3 is 4.74 Å². The molecule has 0 aliphatic rings. The molecule has 3 heteroatoms. The summed E-state index contributed by atoms with van der Waals surface area (Å²) in [5.41, 5.74) is 1.46. The van der Waals surface area contributed by atoms with Crippen molar-refractivity contribution >= 4 is 17.2 Å². The number of methoxy groups -OCH3 is 1. The maximum atomic E-state index is 10.6. The van der Waals surface area contributed by atoms with E-state index in [1.807, 2.05) is 6.07 Å². The average Bonchev–Trinajstić information content (AvgIpc) is 2.27. The Kier molecular flexibility index (Phi) is 2.14. The number of hydrogen-bond donors (Lipinski definition) is 0. The Balaban J connectivity index is 2.76. The van der Waals surface area contributed by atoms with Crippen molar-refractivity contribution in [1.29, 1.82) is 0 Å². The van der Waals surface area contributed by atoms with Gasteiger partial charge in [-0.3, -0.25) is 9.78 Å². The Morgan fingerprint density at radius 3 is 2.93 bits per heavy atom. The fraction of sp³-hybridized carbons (Fsp3) is 0.0909. The number of aldehydes is 1. The molecule has 0 unspecified atom stereocenters.